The minimum atomic E-state index is -3.66. The van der Waals surface area contributed by atoms with Crippen molar-refractivity contribution >= 4 is 10.0 Å². The van der Waals surface area contributed by atoms with Gasteiger partial charge in [0.1, 0.15) is 5.82 Å². The van der Waals surface area contributed by atoms with Gasteiger partial charge in [0.15, 0.2) is 5.03 Å². The Bertz CT molecular complexity index is 567. The first-order valence-electron chi connectivity index (χ1n) is 7.48. The van der Waals surface area contributed by atoms with Crippen molar-refractivity contribution in [3.63, 3.8) is 0 Å². The fraction of sp³-hybridized carbons (Fsp3) is 0.786. The summed E-state index contributed by atoms with van der Waals surface area (Å²) in [6, 6.07) is 0. The van der Waals surface area contributed by atoms with Crippen LogP contribution in [0.2, 0.25) is 0 Å². The quantitative estimate of drug-likeness (QED) is 0.859. The lowest BCUT2D eigenvalue weighted by Crippen LogP contribution is -2.45. The van der Waals surface area contributed by atoms with E-state index in [-0.39, 0.29) is 11.6 Å². The van der Waals surface area contributed by atoms with Crippen molar-refractivity contribution in [3.8, 4) is 0 Å². The van der Waals surface area contributed by atoms with Crippen LogP contribution in [0.25, 0.3) is 0 Å². The molecule has 0 bridgehead atoms. The van der Waals surface area contributed by atoms with E-state index >= 15 is 0 Å². The lowest BCUT2D eigenvalue weighted by atomic mass is 9.78. The van der Waals surface area contributed by atoms with Crippen LogP contribution in [-0.2, 0) is 17.1 Å². The zero-order valence-corrected chi connectivity index (χ0v) is 13.8. The van der Waals surface area contributed by atoms with E-state index in [9.17, 15) is 13.5 Å². The van der Waals surface area contributed by atoms with E-state index in [1.54, 1.807) is 18.5 Å². The molecule has 0 radical (unpaired) electrons. The maximum atomic E-state index is 12.2. The Morgan fingerprint density at radius 2 is 2.10 bits per heavy atom. The predicted octanol–water partition coefficient (Wildman–Crippen LogP) is 1.34. The van der Waals surface area contributed by atoms with Gasteiger partial charge in [0.25, 0.3) is 10.0 Å². The highest BCUT2D eigenvalue weighted by Gasteiger charge is 2.34. The molecule has 1 aliphatic carbocycles. The molecule has 1 saturated carbocycles. The minimum absolute atomic E-state index is 0.00773. The van der Waals surface area contributed by atoms with Crippen LogP contribution in [0.1, 0.15) is 44.9 Å². The van der Waals surface area contributed by atoms with Gasteiger partial charge in [0, 0.05) is 19.8 Å². The molecule has 7 heteroatoms. The second kappa shape index (κ2) is 6.06. The van der Waals surface area contributed by atoms with Gasteiger partial charge in [0.05, 0.1) is 5.60 Å². The monoisotopic (exact) mass is 315 g/mol. The Labute approximate surface area is 126 Å². The molecule has 0 spiro atoms. The second-order valence-electron chi connectivity index (χ2n) is 6.14. The van der Waals surface area contributed by atoms with Crippen molar-refractivity contribution in [1.82, 2.24) is 14.3 Å². The normalized spacial score (nSPS) is 27.0. The van der Waals surface area contributed by atoms with E-state index in [0.29, 0.717) is 24.6 Å². The molecule has 0 amide bonds. The smallest absolute Gasteiger partial charge is 0.259 e. The number of imidazole rings is 1. The van der Waals surface area contributed by atoms with Gasteiger partial charge >= 0.3 is 0 Å². The third-order valence-corrected chi connectivity index (χ3v) is 5.84. The SMILES string of the molecule is CCC1CCC(O)(CNS(=O)(=O)c2cn(C)c(C)n2)CC1. The Hall–Kier alpha value is -0.920. The highest BCUT2D eigenvalue weighted by Crippen LogP contribution is 2.33. The summed E-state index contributed by atoms with van der Waals surface area (Å²) in [5, 5.41) is 10.5. The van der Waals surface area contributed by atoms with Crippen molar-refractivity contribution in [2.45, 2.75) is 56.6 Å². The van der Waals surface area contributed by atoms with E-state index in [1.807, 2.05) is 0 Å². The molecule has 1 aromatic heterocycles. The fourth-order valence-electron chi connectivity index (χ4n) is 2.76. The van der Waals surface area contributed by atoms with Gasteiger partial charge in [-0.05, 0) is 38.5 Å². The summed E-state index contributed by atoms with van der Waals surface area (Å²) in [5.41, 5.74) is -0.928. The average Bonchev–Trinajstić information content (AvgIpc) is 2.79. The van der Waals surface area contributed by atoms with Gasteiger partial charge in [0.2, 0.25) is 0 Å². The van der Waals surface area contributed by atoms with Crippen molar-refractivity contribution in [3.05, 3.63) is 12.0 Å². The summed E-state index contributed by atoms with van der Waals surface area (Å²) in [7, 11) is -1.91. The number of hydrogen-bond donors (Lipinski definition) is 2. The molecule has 0 atom stereocenters. The number of rotatable bonds is 5. The van der Waals surface area contributed by atoms with E-state index < -0.39 is 15.6 Å². The van der Waals surface area contributed by atoms with Crippen LogP contribution in [0.4, 0.5) is 0 Å². The molecule has 120 valence electrons. The first-order valence-corrected chi connectivity index (χ1v) is 8.96. The van der Waals surface area contributed by atoms with Crippen molar-refractivity contribution in [2.75, 3.05) is 6.54 Å². The van der Waals surface area contributed by atoms with E-state index in [1.165, 1.54) is 6.20 Å². The highest BCUT2D eigenvalue weighted by atomic mass is 32.2. The molecule has 1 aliphatic rings. The van der Waals surface area contributed by atoms with Gasteiger partial charge in [-0.25, -0.2) is 18.1 Å². The number of hydrogen-bond acceptors (Lipinski definition) is 4. The summed E-state index contributed by atoms with van der Waals surface area (Å²) in [5.74, 6) is 1.29. The first-order chi connectivity index (χ1) is 9.76. The third-order valence-electron chi connectivity index (χ3n) is 4.57. The molecule has 0 unspecified atom stereocenters. The summed E-state index contributed by atoms with van der Waals surface area (Å²) >= 11 is 0. The van der Waals surface area contributed by atoms with E-state index in [2.05, 4.69) is 16.6 Å². The molecule has 0 saturated heterocycles. The van der Waals surface area contributed by atoms with Gasteiger partial charge in [-0.2, -0.15) is 0 Å². The van der Waals surface area contributed by atoms with E-state index in [0.717, 1.165) is 19.3 Å². The number of aliphatic hydroxyl groups is 1. The molecule has 21 heavy (non-hydrogen) atoms. The number of sulfonamides is 1. The average molecular weight is 315 g/mol. The Morgan fingerprint density at radius 3 is 2.57 bits per heavy atom. The highest BCUT2D eigenvalue weighted by molar-refractivity contribution is 7.89. The van der Waals surface area contributed by atoms with Gasteiger partial charge in [-0.15, -0.1) is 0 Å². The second-order valence-corrected chi connectivity index (χ2v) is 7.85. The minimum Gasteiger partial charge on any atom is -0.389 e. The van der Waals surface area contributed by atoms with Crippen LogP contribution in [0, 0.1) is 12.8 Å². The number of nitrogens with one attached hydrogen (secondary N) is 1. The number of aryl methyl sites for hydroxylation is 2. The molecule has 0 aliphatic heterocycles. The zero-order valence-electron chi connectivity index (χ0n) is 13.0. The van der Waals surface area contributed by atoms with Crippen LogP contribution in [0.5, 0.6) is 0 Å². The summed E-state index contributed by atoms with van der Waals surface area (Å²) in [6.45, 7) is 3.96. The molecule has 2 N–H and O–H groups in total. The van der Waals surface area contributed by atoms with Crippen LogP contribution < -0.4 is 4.72 Å². The maximum Gasteiger partial charge on any atom is 0.259 e. The topological polar surface area (TPSA) is 84.2 Å². The van der Waals surface area contributed by atoms with E-state index in [4.69, 9.17) is 0 Å². The lowest BCUT2D eigenvalue weighted by molar-refractivity contribution is -0.00443. The molecular formula is C14H25N3O3S. The Balaban J connectivity index is 1.99. The van der Waals surface area contributed by atoms with Gasteiger partial charge in [-0.3, -0.25) is 0 Å². The van der Waals surface area contributed by atoms with Crippen LogP contribution in [-0.4, -0.2) is 35.2 Å². The van der Waals surface area contributed by atoms with Crippen LogP contribution in [0.3, 0.4) is 0 Å². The summed E-state index contributed by atoms with van der Waals surface area (Å²) in [6.07, 6.45) is 5.81. The number of aromatic nitrogens is 2. The largest absolute Gasteiger partial charge is 0.389 e. The molecule has 0 aromatic carbocycles. The summed E-state index contributed by atoms with van der Waals surface area (Å²) in [4.78, 5) is 4.02. The molecule has 1 fully saturated rings. The molecule has 1 heterocycles. The van der Waals surface area contributed by atoms with Crippen molar-refractivity contribution in [1.29, 1.82) is 0 Å². The van der Waals surface area contributed by atoms with Crippen LogP contribution >= 0.6 is 0 Å². The van der Waals surface area contributed by atoms with Crippen molar-refractivity contribution in [2.24, 2.45) is 13.0 Å². The molecule has 2 rings (SSSR count). The zero-order chi connectivity index (χ0) is 15.7. The van der Waals surface area contributed by atoms with Crippen molar-refractivity contribution < 1.29 is 13.5 Å². The Morgan fingerprint density at radius 1 is 1.48 bits per heavy atom. The molecular weight excluding hydrogens is 290 g/mol. The molecule has 6 nitrogen and oxygen atoms in total. The standard InChI is InChI=1S/C14H25N3O3S/c1-4-12-5-7-14(18,8-6-12)10-15-21(19,20)13-9-17(3)11(2)16-13/h9,12,15,18H,4-8,10H2,1-3H3. The summed E-state index contributed by atoms with van der Waals surface area (Å²) < 4.78 is 28.6. The number of nitrogens with zero attached hydrogens (tertiary/aromatic N) is 2. The lowest BCUT2D eigenvalue weighted by Gasteiger charge is -2.35. The maximum absolute atomic E-state index is 12.2. The Kier molecular flexibility index (Phi) is 4.75. The first kappa shape index (κ1) is 16.5. The van der Waals surface area contributed by atoms with Gasteiger partial charge < -0.3 is 9.67 Å². The molecule has 1 aromatic rings. The fourth-order valence-corrected chi connectivity index (χ4v) is 3.91. The predicted molar refractivity (Wildman–Crippen MR) is 80.3 cm³/mol. The van der Waals surface area contributed by atoms with Crippen LogP contribution in [0.15, 0.2) is 11.2 Å². The van der Waals surface area contributed by atoms with Gasteiger partial charge in [-0.1, -0.05) is 13.3 Å². The third kappa shape index (κ3) is 3.84.